The number of carbonyl (C=O) groups excluding carboxylic acids is 2. The predicted octanol–water partition coefficient (Wildman–Crippen LogP) is 6.14. The summed E-state index contributed by atoms with van der Waals surface area (Å²) < 4.78 is 44.2. The molecule has 0 spiro atoms. The van der Waals surface area contributed by atoms with Crippen molar-refractivity contribution in [3.8, 4) is 0 Å². The highest BCUT2D eigenvalue weighted by Crippen LogP contribution is 2.26. The number of aryl methyl sites for hydroxylation is 1. The fourth-order valence-corrected chi connectivity index (χ4v) is 6.39. The minimum Gasteiger partial charge on any atom is -0.352 e. The summed E-state index contributed by atoms with van der Waals surface area (Å²) in [5.41, 5.74) is 2.33. The second-order valence-electron chi connectivity index (χ2n) is 11.0. The van der Waals surface area contributed by atoms with Crippen LogP contribution in [0.1, 0.15) is 43.9 Å². The van der Waals surface area contributed by atoms with Crippen LogP contribution in [0.25, 0.3) is 0 Å². The van der Waals surface area contributed by atoms with Gasteiger partial charge in [0.1, 0.15) is 18.4 Å². The first kappa shape index (κ1) is 33.4. The third-order valence-electron chi connectivity index (χ3n) is 7.81. The SMILES string of the molecule is CCc1ccc(N(CC(=O)N(Cc2ccccc2F)[C@@H](Cc2ccccc2)C(=O)N[C@H](C)CC)S(=O)(=O)c2ccccc2)cc1. The quantitative estimate of drug-likeness (QED) is 0.182. The number of rotatable bonds is 14. The van der Waals surface area contributed by atoms with Crippen LogP contribution in [0.5, 0.6) is 0 Å². The molecule has 0 saturated heterocycles. The normalized spacial score (nSPS) is 12.6. The number of hydrogen-bond donors (Lipinski definition) is 1. The maximum absolute atomic E-state index is 15.0. The monoisotopic (exact) mass is 629 g/mol. The third kappa shape index (κ3) is 8.57. The molecule has 0 aromatic heterocycles. The minimum atomic E-state index is -4.20. The van der Waals surface area contributed by atoms with Crippen LogP contribution in [0, 0.1) is 5.82 Å². The van der Waals surface area contributed by atoms with Gasteiger partial charge < -0.3 is 10.2 Å². The number of hydrogen-bond acceptors (Lipinski definition) is 4. The summed E-state index contributed by atoms with van der Waals surface area (Å²) in [7, 11) is -4.20. The number of amides is 2. The number of nitrogens with one attached hydrogen (secondary N) is 1. The first-order valence-corrected chi connectivity index (χ1v) is 16.6. The lowest BCUT2D eigenvalue weighted by atomic mass is 10.0. The van der Waals surface area contributed by atoms with Crippen molar-refractivity contribution in [2.75, 3.05) is 10.8 Å². The Balaban J connectivity index is 1.81. The van der Waals surface area contributed by atoms with Gasteiger partial charge in [0.25, 0.3) is 10.0 Å². The van der Waals surface area contributed by atoms with E-state index in [-0.39, 0.29) is 29.5 Å². The van der Waals surface area contributed by atoms with E-state index in [0.717, 1.165) is 21.9 Å². The highest BCUT2D eigenvalue weighted by Gasteiger charge is 2.35. The molecular formula is C36H40FN3O4S. The standard InChI is InChI=1S/C36H40FN3O4S/c1-4-27(3)38-36(42)34(24-29-14-8-6-9-15-29)39(25-30-16-12-13-19-33(30)37)35(41)26-40(31-22-20-28(5-2)21-23-31)45(43,44)32-17-10-7-11-18-32/h6-23,27,34H,4-5,24-26H2,1-3H3,(H,38,42)/t27-,34+/m1/s1. The van der Waals surface area contributed by atoms with Gasteiger partial charge in [-0.3, -0.25) is 13.9 Å². The zero-order valence-corrected chi connectivity index (χ0v) is 26.7. The Bertz CT molecular complexity index is 1670. The van der Waals surface area contributed by atoms with Gasteiger partial charge in [0.05, 0.1) is 10.6 Å². The molecule has 0 aliphatic carbocycles. The van der Waals surface area contributed by atoms with E-state index >= 15 is 4.39 Å². The molecule has 0 aliphatic rings. The lowest BCUT2D eigenvalue weighted by Crippen LogP contribution is -2.54. The molecule has 0 radical (unpaired) electrons. The van der Waals surface area contributed by atoms with Crippen molar-refractivity contribution < 1.29 is 22.4 Å². The van der Waals surface area contributed by atoms with Crippen molar-refractivity contribution in [1.29, 1.82) is 0 Å². The molecule has 4 aromatic rings. The Kier molecular flexibility index (Phi) is 11.5. The van der Waals surface area contributed by atoms with Crippen LogP contribution in [-0.4, -0.2) is 43.8 Å². The molecule has 2 atom stereocenters. The van der Waals surface area contributed by atoms with Crippen molar-refractivity contribution in [2.45, 2.75) is 63.6 Å². The zero-order valence-electron chi connectivity index (χ0n) is 25.9. The van der Waals surface area contributed by atoms with E-state index in [1.54, 1.807) is 48.5 Å². The predicted molar refractivity (Wildman–Crippen MR) is 176 cm³/mol. The first-order valence-electron chi connectivity index (χ1n) is 15.2. The molecule has 2 amide bonds. The van der Waals surface area contributed by atoms with Crippen molar-refractivity contribution in [3.05, 3.63) is 132 Å². The second-order valence-corrected chi connectivity index (χ2v) is 12.8. The van der Waals surface area contributed by atoms with Gasteiger partial charge in [0.2, 0.25) is 11.8 Å². The lowest BCUT2D eigenvalue weighted by Gasteiger charge is -2.34. The number of sulfonamides is 1. The molecule has 236 valence electrons. The highest BCUT2D eigenvalue weighted by atomic mass is 32.2. The van der Waals surface area contributed by atoms with Gasteiger partial charge in [-0.15, -0.1) is 0 Å². The molecule has 45 heavy (non-hydrogen) atoms. The van der Waals surface area contributed by atoms with E-state index in [4.69, 9.17) is 0 Å². The third-order valence-corrected chi connectivity index (χ3v) is 9.60. The Morgan fingerprint density at radius 2 is 1.40 bits per heavy atom. The number of benzene rings is 4. The Morgan fingerprint density at radius 1 is 0.800 bits per heavy atom. The molecule has 4 aromatic carbocycles. The van der Waals surface area contributed by atoms with Gasteiger partial charge in [-0.25, -0.2) is 12.8 Å². The molecule has 9 heteroatoms. The maximum atomic E-state index is 15.0. The van der Waals surface area contributed by atoms with Crippen molar-refractivity contribution in [2.24, 2.45) is 0 Å². The zero-order chi connectivity index (χ0) is 32.4. The van der Waals surface area contributed by atoms with Gasteiger partial charge >= 0.3 is 0 Å². The Labute approximate surface area is 265 Å². The van der Waals surface area contributed by atoms with Crippen molar-refractivity contribution in [1.82, 2.24) is 10.2 Å². The smallest absolute Gasteiger partial charge is 0.264 e. The molecule has 0 unspecified atom stereocenters. The average molecular weight is 630 g/mol. The van der Waals surface area contributed by atoms with Crippen LogP contribution in [0.3, 0.4) is 0 Å². The number of halogens is 1. The fourth-order valence-electron chi connectivity index (χ4n) is 4.95. The molecule has 4 rings (SSSR count). The molecule has 0 bridgehead atoms. The summed E-state index contributed by atoms with van der Waals surface area (Å²) in [6, 6.07) is 29.0. The van der Waals surface area contributed by atoms with E-state index < -0.39 is 40.2 Å². The van der Waals surface area contributed by atoms with Gasteiger partial charge in [-0.05, 0) is 61.2 Å². The van der Waals surface area contributed by atoms with Crippen LogP contribution in [0.4, 0.5) is 10.1 Å². The van der Waals surface area contributed by atoms with Gasteiger partial charge in [0, 0.05) is 24.6 Å². The van der Waals surface area contributed by atoms with Crippen LogP contribution < -0.4 is 9.62 Å². The van der Waals surface area contributed by atoms with Crippen molar-refractivity contribution >= 4 is 27.5 Å². The molecule has 0 aliphatic heterocycles. The number of carbonyl (C=O) groups is 2. The molecule has 1 N–H and O–H groups in total. The van der Waals surface area contributed by atoms with Crippen LogP contribution in [0.15, 0.2) is 114 Å². The number of anilines is 1. The Hall–Kier alpha value is -4.50. The molecule has 7 nitrogen and oxygen atoms in total. The number of nitrogens with zero attached hydrogens (tertiary/aromatic N) is 2. The van der Waals surface area contributed by atoms with E-state index in [9.17, 15) is 18.0 Å². The summed E-state index contributed by atoms with van der Waals surface area (Å²) in [6.45, 7) is 4.98. The minimum absolute atomic E-state index is 0.0216. The Morgan fingerprint density at radius 3 is 2.00 bits per heavy atom. The summed E-state index contributed by atoms with van der Waals surface area (Å²) in [5.74, 6) is -1.57. The maximum Gasteiger partial charge on any atom is 0.264 e. The summed E-state index contributed by atoms with van der Waals surface area (Å²) >= 11 is 0. The summed E-state index contributed by atoms with van der Waals surface area (Å²) in [5, 5.41) is 2.98. The summed E-state index contributed by atoms with van der Waals surface area (Å²) in [4.78, 5) is 29.6. The average Bonchev–Trinajstić information content (AvgIpc) is 3.06. The second kappa shape index (κ2) is 15.5. The van der Waals surface area contributed by atoms with Gasteiger partial charge in [-0.1, -0.05) is 92.7 Å². The largest absolute Gasteiger partial charge is 0.352 e. The van der Waals surface area contributed by atoms with Crippen molar-refractivity contribution in [3.63, 3.8) is 0 Å². The molecule has 0 fully saturated rings. The lowest BCUT2D eigenvalue weighted by molar-refractivity contribution is -0.140. The first-order chi connectivity index (χ1) is 21.6. The van der Waals surface area contributed by atoms with E-state index in [2.05, 4.69) is 5.32 Å². The van der Waals surface area contributed by atoms with Crippen LogP contribution in [0.2, 0.25) is 0 Å². The van der Waals surface area contributed by atoms with Crippen LogP contribution >= 0.6 is 0 Å². The fraction of sp³-hybridized carbons (Fsp3) is 0.278. The van der Waals surface area contributed by atoms with E-state index in [0.29, 0.717) is 12.1 Å². The molecular weight excluding hydrogens is 589 g/mol. The molecule has 0 heterocycles. The van der Waals surface area contributed by atoms with Gasteiger partial charge in [0.15, 0.2) is 0 Å². The van der Waals surface area contributed by atoms with Crippen LogP contribution in [-0.2, 0) is 39.0 Å². The van der Waals surface area contributed by atoms with E-state index in [1.807, 2.05) is 63.2 Å². The molecule has 0 saturated carbocycles. The topological polar surface area (TPSA) is 86.8 Å². The van der Waals surface area contributed by atoms with Gasteiger partial charge in [-0.2, -0.15) is 0 Å². The summed E-state index contributed by atoms with van der Waals surface area (Å²) in [6.07, 6.45) is 1.58. The van der Waals surface area contributed by atoms with E-state index in [1.165, 1.54) is 23.1 Å². The highest BCUT2D eigenvalue weighted by molar-refractivity contribution is 7.92.